The van der Waals surface area contributed by atoms with Crippen LogP contribution in [0.25, 0.3) is 0 Å². The number of hydrogen-bond donors (Lipinski definition) is 1. The highest BCUT2D eigenvalue weighted by Gasteiger charge is 2.18. The monoisotopic (exact) mass is 368 g/mol. The van der Waals surface area contributed by atoms with Gasteiger partial charge in [0.15, 0.2) is 0 Å². The minimum atomic E-state index is -0.565. The molecule has 0 bridgehead atoms. The first kappa shape index (κ1) is 18.0. The quantitative estimate of drug-likeness (QED) is 0.501. The Balaban J connectivity index is 1.85. The third kappa shape index (κ3) is 4.43. The summed E-state index contributed by atoms with van der Waals surface area (Å²) in [6.45, 7) is 0.222. The molecule has 0 fully saturated rings. The van der Waals surface area contributed by atoms with Crippen LogP contribution in [0.4, 0.5) is 5.69 Å². The molecule has 27 heavy (non-hydrogen) atoms. The van der Waals surface area contributed by atoms with Gasteiger partial charge < -0.3 is 19.2 Å². The van der Waals surface area contributed by atoms with Crippen molar-refractivity contribution in [3.05, 3.63) is 82.3 Å². The Morgan fingerprint density at radius 1 is 1.15 bits per heavy atom. The second-order valence-electron chi connectivity index (χ2n) is 5.53. The molecule has 0 spiro atoms. The van der Waals surface area contributed by atoms with E-state index in [1.165, 1.54) is 30.7 Å². The standard InChI is InChI=1S/C19H16N2O6/c1-25-15-3-5-16(6-4-15)27-18-7-2-14(21(23)24)10-17(18)19(22)20-11-13-8-9-26-12-13/h2-10,12H,11H2,1H3,(H,20,22). The minimum absolute atomic E-state index is 0.0588. The highest BCUT2D eigenvalue weighted by atomic mass is 16.6. The van der Waals surface area contributed by atoms with Crippen LogP contribution in [0, 0.1) is 10.1 Å². The van der Waals surface area contributed by atoms with Gasteiger partial charge in [0.2, 0.25) is 0 Å². The van der Waals surface area contributed by atoms with Crippen molar-refractivity contribution in [2.45, 2.75) is 6.54 Å². The van der Waals surface area contributed by atoms with Crippen molar-refractivity contribution in [1.29, 1.82) is 0 Å². The fourth-order valence-corrected chi connectivity index (χ4v) is 2.34. The van der Waals surface area contributed by atoms with E-state index in [1.54, 1.807) is 37.4 Å². The maximum Gasteiger partial charge on any atom is 0.270 e. The summed E-state index contributed by atoms with van der Waals surface area (Å²) in [6.07, 6.45) is 3.00. The Hall–Kier alpha value is -3.81. The molecule has 2 aromatic carbocycles. The Bertz CT molecular complexity index is 935. The molecule has 0 radical (unpaired) electrons. The maximum absolute atomic E-state index is 12.6. The van der Waals surface area contributed by atoms with Crippen molar-refractivity contribution < 1.29 is 23.6 Å². The van der Waals surface area contributed by atoms with Crippen LogP contribution < -0.4 is 14.8 Å². The molecule has 0 atom stereocenters. The number of ether oxygens (including phenoxy) is 2. The highest BCUT2D eigenvalue weighted by Crippen LogP contribution is 2.29. The molecular formula is C19H16N2O6. The first-order valence-electron chi connectivity index (χ1n) is 7.96. The molecule has 1 amide bonds. The molecule has 0 unspecified atom stereocenters. The lowest BCUT2D eigenvalue weighted by atomic mass is 10.1. The molecular weight excluding hydrogens is 352 g/mol. The number of benzene rings is 2. The van der Waals surface area contributed by atoms with Crippen LogP contribution in [0.3, 0.4) is 0 Å². The lowest BCUT2D eigenvalue weighted by molar-refractivity contribution is -0.384. The van der Waals surface area contributed by atoms with Crippen LogP contribution in [-0.4, -0.2) is 17.9 Å². The topological polar surface area (TPSA) is 104 Å². The molecule has 138 valence electrons. The van der Waals surface area contributed by atoms with Gasteiger partial charge in [-0.1, -0.05) is 0 Å². The molecule has 0 aliphatic rings. The summed E-state index contributed by atoms with van der Waals surface area (Å²) >= 11 is 0. The third-order valence-corrected chi connectivity index (χ3v) is 3.74. The van der Waals surface area contributed by atoms with Gasteiger partial charge in [-0.2, -0.15) is 0 Å². The van der Waals surface area contributed by atoms with Crippen LogP contribution in [0.1, 0.15) is 15.9 Å². The average Bonchev–Trinajstić information content (AvgIpc) is 3.20. The van der Waals surface area contributed by atoms with Gasteiger partial charge in [-0.3, -0.25) is 14.9 Å². The van der Waals surface area contributed by atoms with Gasteiger partial charge in [-0.05, 0) is 36.4 Å². The molecule has 8 nitrogen and oxygen atoms in total. The first-order valence-corrected chi connectivity index (χ1v) is 7.96. The number of hydrogen-bond acceptors (Lipinski definition) is 6. The summed E-state index contributed by atoms with van der Waals surface area (Å²) in [5.41, 5.74) is 0.625. The Morgan fingerprint density at radius 3 is 2.52 bits per heavy atom. The number of carbonyl (C=O) groups excluding carboxylic acids is 1. The van der Waals surface area contributed by atoms with Crippen LogP contribution in [-0.2, 0) is 6.54 Å². The van der Waals surface area contributed by atoms with E-state index in [-0.39, 0.29) is 23.5 Å². The van der Waals surface area contributed by atoms with Gasteiger partial charge in [0.25, 0.3) is 11.6 Å². The van der Waals surface area contributed by atoms with Crippen LogP contribution in [0.2, 0.25) is 0 Å². The zero-order valence-corrected chi connectivity index (χ0v) is 14.4. The van der Waals surface area contributed by atoms with Gasteiger partial charge in [0, 0.05) is 24.2 Å². The predicted molar refractivity (Wildman–Crippen MR) is 96.0 cm³/mol. The normalized spacial score (nSPS) is 10.3. The number of furan rings is 1. The van der Waals surface area contributed by atoms with Gasteiger partial charge in [-0.15, -0.1) is 0 Å². The van der Waals surface area contributed by atoms with Gasteiger partial charge in [0.05, 0.1) is 30.1 Å². The second kappa shape index (κ2) is 8.05. The van der Waals surface area contributed by atoms with Crippen molar-refractivity contribution in [3.63, 3.8) is 0 Å². The molecule has 1 heterocycles. The van der Waals surface area contributed by atoms with E-state index in [4.69, 9.17) is 13.9 Å². The first-order chi connectivity index (χ1) is 13.1. The van der Waals surface area contributed by atoms with Crippen LogP contribution in [0.15, 0.2) is 65.5 Å². The summed E-state index contributed by atoms with van der Waals surface area (Å²) in [5, 5.41) is 13.8. The van der Waals surface area contributed by atoms with E-state index < -0.39 is 10.8 Å². The zero-order valence-electron chi connectivity index (χ0n) is 14.4. The summed E-state index contributed by atoms with van der Waals surface area (Å²) in [6, 6.07) is 12.3. The number of methoxy groups -OCH3 is 1. The summed E-state index contributed by atoms with van der Waals surface area (Å²) in [5.74, 6) is 0.830. The lowest BCUT2D eigenvalue weighted by Gasteiger charge is -2.11. The average molecular weight is 368 g/mol. The molecule has 0 saturated heterocycles. The fourth-order valence-electron chi connectivity index (χ4n) is 2.34. The summed E-state index contributed by atoms with van der Waals surface area (Å²) < 4.78 is 15.8. The van der Waals surface area contributed by atoms with E-state index >= 15 is 0 Å². The van der Waals surface area contributed by atoms with Crippen molar-refractivity contribution in [1.82, 2.24) is 5.32 Å². The smallest absolute Gasteiger partial charge is 0.270 e. The molecule has 1 N–H and O–H groups in total. The van der Waals surface area contributed by atoms with Crippen molar-refractivity contribution in [3.8, 4) is 17.2 Å². The Kier molecular flexibility index (Phi) is 5.36. The lowest BCUT2D eigenvalue weighted by Crippen LogP contribution is -2.23. The SMILES string of the molecule is COc1ccc(Oc2ccc([N+](=O)[O-])cc2C(=O)NCc2ccoc2)cc1. The number of rotatable bonds is 7. The Morgan fingerprint density at radius 2 is 1.89 bits per heavy atom. The van der Waals surface area contributed by atoms with E-state index in [1.807, 2.05) is 0 Å². The van der Waals surface area contributed by atoms with Gasteiger partial charge in [0.1, 0.15) is 17.2 Å². The summed E-state index contributed by atoms with van der Waals surface area (Å²) in [4.78, 5) is 23.1. The fraction of sp³-hybridized carbons (Fsp3) is 0.105. The van der Waals surface area contributed by atoms with Crippen molar-refractivity contribution in [2.75, 3.05) is 7.11 Å². The van der Waals surface area contributed by atoms with E-state index in [2.05, 4.69) is 5.32 Å². The Labute approximate surface area is 154 Å². The second-order valence-corrected chi connectivity index (χ2v) is 5.53. The number of nitrogens with one attached hydrogen (secondary N) is 1. The van der Waals surface area contributed by atoms with Gasteiger partial charge in [-0.25, -0.2) is 0 Å². The number of nitro benzene ring substituents is 1. The zero-order chi connectivity index (χ0) is 19.2. The number of amides is 1. The van der Waals surface area contributed by atoms with Crippen LogP contribution in [0.5, 0.6) is 17.2 Å². The molecule has 0 aliphatic carbocycles. The largest absolute Gasteiger partial charge is 0.497 e. The third-order valence-electron chi connectivity index (χ3n) is 3.74. The molecule has 3 aromatic rings. The molecule has 0 aliphatic heterocycles. The van der Waals surface area contributed by atoms with Crippen molar-refractivity contribution in [2.24, 2.45) is 0 Å². The van der Waals surface area contributed by atoms with E-state index in [0.717, 1.165) is 5.56 Å². The highest BCUT2D eigenvalue weighted by molar-refractivity contribution is 5.97. The molecule has 8 heteroatoms. The van der Waals surface area contributed by atoms with E-state index in [0.29, 0.717) is 11.5 Å². The predicted octanol–water partition coefficient (Wildman–Crippen LogP) is 3.92. The summed E-state index contributed by atoms with van der Waals surface area (Å²) in [7, 11) is 1.55. The molecule has 0 saturated carbocycles. The maximum atomic E-state index is 12.6. The number of nitro groups is 1. The van der Waals surface area contributed by atoms with Crippen LogP contribution >= 0.6 is 0 Å². The number of carbonyl (C=O) groups is 1. The molecule has 3 rings (SSSR count). The number of nitrogens with zero attached hydrogens (tertiary/aromatic N) is 1. The molecule has 1 aromatic heterocycles. The number of non-ortho nitro benzene ring substituents is 1. The minimum Gasteiger partial charge on any atom is -0.497 e. The van der Waals surface area contributed by atoms with Crippen molar-refractivity contribution >= 4 is 11.6 Å². The van der Waals surface area contributed by atoms with Gasteiger partial charge >= 0.3 is 0 Å². The van der Waals surface area contributed by atoms with E-state index in [9.17, 15) is 14.9 Å².